The van der Waals surface area contributed by atoms with Gasteiger partial charge in [0.25, 0.3) is 5.89 Å². The number of hydrogen-bond acceptors (Lipinski definition) is 6. The lowest BCUT2D eigenvalue weighted by Gasteiger charge is -2.12. The molecule has 0 saturated heterocycles. The van der Waals surface area contributed by atoms with Crippen molar-refractivity contribution in [2.75, 3.05) is 27.2 Å². The van der Waals surface area contributed by atoms with Gasteiger partial charge in [0.1, 0.15) is 18.1 Å². The van der Waals surface area contributed by atoms with Crippen molar-refractivity contribution in [1.29, 1.82) is 0 Å². The van der Waals surface area contributed by atoms with Crippen molar-refractivity contribution in [2.45, 2.75) is 0 Å². The molecule has 2 aromatic carbocycles. The van der Waals surface area contributed by atoms with Crippen LogP contribution in [0.3, 0.4) is 0 Å². The summed E-state index contributed by atoms with van der Waals surface area (Å²) in [5.74, 6) is 1.67. The minimum Gasteiger partial charge on any atom is -0.508 e. The molecule has 1 N–H and O–H groups in total. The van der Waals surface area contributed by atoms with E-state index in [1.807, 2.05) is 38.4 Å². The van der Waals surface area contributed by atoms with Crippen molar-refractivity contribution >= 4 is 0 Å². The van der Waals surface area contributed by atoms with Gasteiger partial charge in [0.15, 0.2) is 0 Å². The van der Waals surface area contributed by atoms with Crippen molar-refractivity contribution < 1.29 is 14.4 Å². The molecule has 24 heavy (non-hydrogen) atoms. The highest BCUT2D eigenvalue weighted by Gasteiger charge is 2.14. The topological polar surface area (TPSA) is 71.6 Å². The second-order valence-corrected chi connectivity index (χ2v) is 5.62. The van der Waals surface area contributed by atoms with Gasteiger partial charge in [0, 0.05) is 12.1 Å². The van der Waals surface area contributed by atoms with E-state index in [0.717, 1.165) is 12.1 Å². The Hall–Kier alpha value is -2.86. The van der Waals surface area contributed by atoms with E-state index in [9.17, 15) is 5.11 Å². The van der Waals surface area contributed by atoms with E-state index in [1.165, 1.54) is 0 Å². The molecule has 124 valence electrons. The first-order valence-electron chi connectivity index (χ1n) is 7.63. The first kappa shape index (κ1) is 16.0. The number of benzene rings is 2. The van der Waals surface area contributed by atoms with Crippen molar-refractivity contribution in [2.24, 2.45) is 0 Å². The smallest absolute Gasteiger partial charge is 0.258 e. The second kappa shape index (κ2) is 7.14. The van der Waals surface area contributed by atoms with Crippen LogP contribution in [0.5, 0.6) is 11.5 Å². The van der Waals surface area contributed by atoms with Crippen LogP contribution in [0.2, 0.25) is 0 Å². The standard InChI is InChI=1S/C18H19N3O3/c1-21(2)10-11-23-16-9-4-3-8-15(16)17-19-18(24-20-17)13-6-5-7-14(22)12-13/h3-9,12,22H,10-11H2,1-2H3. The van der Waals surface area contributed by atoms with Crippen LogP contribution in [-0.4, -0.2) is 47.4 Å². The number of nitrogens with zero attached hydrogens (tertiary/aromatic N) is 3. The SMILES string of the molecule is CN(C)CCOc1ccccc1-c1noc(-c2cccc(O)c2)n1. The van der Waals surface area contributed by atoms with Crippen LogP contribution < -0.4 is 4.74 Å². The van der Waals surface area contributed by atoms with Crippen LogP contribution in [-0.2, 0) is 0 Å². The minimum atomic E-state index is 0.152. The molecular formula is C18H19N3O3. The Morgan fingerprint density at radius 3 is 2.75 bits per heavy atom. The molecule has 0 aliphatic heterocycles. The summed E-state index contributed by atoms with van der Waals surface area (Å²) in [7, 11) is 3.99. The lowest BCUT2D eigenvalue weighted by Crippen LogP contribution is -2.19. The normalized spacial score (nSPS) is 11.0. The Balaban J connectivity index is 1.85. The number of hydrogen-bond donors (Lipinski definition) is 1. The summed E-state index contributed by atoms with van der Waals surface area (Å²) in [5, 5.41) is 13.6. The number of phenolic OH excluding ortho intramolecular Hbond substituents is 1. The summed E-state index contributed by atoms with van der Waals surface area (Å²) in [6.45, 7) is 1.39. The third kappa shape index (κ3) is 3.72. The maximum atomic E-state index is 9.57. The average molecular weight is 325 g/mol. The lowest BCUT2D eigenvalue weighted by atomic mass is 10.2. The van der Waals surface area contributed by atoms with Gasteiger partial charge in [0.2, 0.25) is 5.82 Å². The molecule has 1 aromatic heterocycles. The van der Waals surface area contributed by atoms with Gasteiger partial charge in [-0.05, 0) is 44.4 Å². The minimum absolute atomic E-state index is 0.152. The van der Waals surface area contributed by atoms with E-state index in [-0.39, 0.29) is 5.75 Å². The largest absolute Gasteiger partial charge is 0.508 e. The highest BCUT2D eigenvalue weighted by Crippen LogP contribution is 2.30. The van der Waals surface area contributed by atoms with E-state index in [4.69, 9.17) is 9.26 Å². The van der Waals surface area contributed by atoms with E-state index in [2.05, 4.69) is 15.0 Å². The van der Waals surface area contributed by atoms with Crippen LogP contribution in [0.4, 0.5) is 0 Å². The van der Waals surface area contributed by atoms with Crippen molar-refractivity contribution in [1.82, 2.24) is 15.0 Å². The Kier molecular flexibility index (Phi) is 4.77. The van der Waals surface area contributed by atoms with Gasteiger partial charge >= 0.3 is 0 Å². The summed E-state index contributed by atoms with van der Waals surface area (Å²) >= 11 is 0. The van der Waals surface area contributed by atoms with E-state index in [0.29, 0.717) is 29.6 Å². The van der Waals surface area contributed by atoms with Gasteiger partial charge < -0.3 is 19.3 Å². The number of rotatable bonds is 6. The number of aromatic hydroxyl groups is 1. The summed E-state index contributed by atoms with van der Waals surface area (Å²) in [6, 6.07) is 14.3. The molecule has 3 rings (SSSR count). The molecular weight excluding hydrogens is 306 g/mol. The molecule has 6 heteroatoms. The number of likely N-dealkylation sites (N-methyl/N-ethyl adjacent to an activating group) is 1. The van der Waals surface area contributed by atoms with Gasteiger partial charge in [-0.2, -0.15) is 4.98 Å². The van der Waals surface area contributed by atoms with Crippen molar-refractivity contribution in [3.8, 4) is 34.3 Å². The summed E-state index contributed by atoms with van der Waals surface area (Å²) < 4.78 is 11.2. The highest BCUT2D eigenvalue weighted by molar-refractivity contribution is 5.66. The summed E-state index contributed by atoms with van der Waals surface area (Å²) in [4.78, 5) is 6.47. The molecule has 0 aliphatic rings. The Bertz CT molecular complexity index is 815. The predicted octanol–water partition coefficient (Wildman–Crippen LogP) is 3.05. The van der Waals surface area contributed by atoms with Crippen LogP contribution in [0.15, 0.2) is 53.1 Å². The monoisotopic (exact) mass is 325 g/mol. The third-order valence-corrected chi connectivity index (χ3v) is 3.44. The molecule has 0 saturated carbocycles. The molecule has 0 unspecified atom stereocenters. The molecule has 0 atom stereocenters. The van der Waals surface area contributed by atoms with E-state index in [1.54, 1.807) is 24.3 Å². The van der Waals surface area contributed by atoms with Gasteiger partial charge in [-0.3, -0.25) is 0 Å². The number of phenols is 1. The molecule has 0 radical (unpaired) electrons. The van der Waals surface area contributed by atoms with Gasteiger partial charge in [-0.25, -0.2) is 0 Å². The highest BCUT2D eigenvalue weighted by atomic mass is 16.5. The zero-order valence-corrected chi connectivity index (χ0v) is 13.6. The van der Waals surface area contributed by atoms with Crippen LogP contribution in [0.25, 0.3) is 22.8 Å². The third-order valence-electron chi connectivity index (χ3n) is 3.44. The van der Waals surface area contributed by atoms with Crippen LogP contribution in [0.1, 0.15) is 0 Å². The lowest BCUT2D eigenvalue weighted by molar-refractivity contribution is 0.262. The maximum Gasteiger partial charge on any atom is 0.258 e. The van der Waals surface area contributed by atoms with E-state index >= 15 is 0 Å². The van der Waals surface area contributed by atoms with Crippen LogP contribution >= 0.6 is 0 Å². The Morgan fingerprint density at radius 2 is 1.96 bits per heavy atom. The first-order valence-corrected chi connectivity index (χ1v) is 7.63. The van der Waals surface area contributed by atoms with Gasteiger partial charge in [0.05, 0.1) is 5.56 Å². The zero-order valence-electron chi connectivity index (χ0n) is 13.6. The summed E-state index contributed by atoms with van der Waals surface area (Å²) in [5.41, 5.74) is 1.44. The Morgan fingerprint density at radius 1 is 1.12 bits per heavy atom. The number of para-hydroxylation sites is 1. The summed E-state index contributed by atoms with van der Waals surface area (Å²) in [6.07, 6.45) is 0. The van der Waals surface area contributed by atoms with Gasteiger partial charge in [-0.15, -0.1) is 0 Å². The average Bonchev–Trinajstić information content (AvgIpc) is 3.05. The van der Waals surface area contributed by atoms with Crippen molar-refractivity contribution in [3.63, 3.8) is 0 Å². The van der Waals surface area contributed by atoms with Gasteiger partial charge in [-0.1, -0.05) is 23.4 Å². The molecule has 0 fully saturated rings. The number of ether oxygens (including phenoxy) is 1. The Labute approximate surface area is 140 Å². The quantitative estimate of drug-likeness (QED) is 0.751. The maximum absolute atomic E-state index is 9.57. The molecule has 0 bridgehead atoms. The molecule has 6 nitrogen and oxygen atoms in total. The van der Waals surface area contributed by atoms with E-state index < -0.39 is 0 Å². The van der Waals surface area contributed by atoms with Crippen molar-refractivity contribution in [3.05, 3.63) is 48.5 Å². The number of aromatic nitrogens is 2. The van der Waals surface area contributed by atoms with Crippen LogP contribution in [0, 0.1) is 0 Å². The fraction of sp³-hybridized carbons (Fsp3) is 0.222. The predicted molar refractivity (Wildman–Crippen MR) is 90.9 cm³/mol. The molecule has 3 aromatic rings. The molecule has 1 heterocycles. The molecule has 0 amide bonds. The fourth-order valence-corrected chi connectivity index (χ4v) is 2.20. The second-order valence-electron chi connectivity index (χ2n) is 5.62. The molecule has 0 spiro atoms. The fourth-order valence-electron chi connectivity index (χ4n) is 2.20. The first-order chi connectivity index (χ1) is 11.6. The molecule has 0 aliphatic carbocycles. The zero-order chi connectivity index (χ0) is 16.9.